The summed E-state index contributed by atoms with van der Waals surface area (Å²) >= 11 is 0. The zero-order valence-electron chi connectivity index (χ0n) is 19.2. The molecule has 0 amide bonds. The number of carboxylic acids is 1. The van der Waals surface area contributed by atoms with Crippen molar-refractivity contribution in [1.82, 2.24) is 0 Å². The fourth-order valence-corrected chi connectivity index (χ4v) is 5.58. The minimum absolute atomic E-state index is 0. The first-order valence-electron chi connectivity index (χ1n) is 11.5. The molecule has 0 aromatic rings. The molecule has 2 N–H and O–H groups in total. The maximum absolute atomic E-state index is 12.9. The molecule has 0 aromatic carbocycles. The summed E-state index contributed by atoms with van der Waals surface area (Å²) in [6, 6.07) is 0. The molecule has 2 saturated carbocycles. The van der Waals surface area contributed by atoms with E-state index in [4.69, 9.17) is 4.74 Å². The number of fused-ring (bicyclic) bond motifs is 1. The van der Waals surface area contributed by atoms with E-state index in [-0.39, 0.29) is 54.0 Å². The summed E-state index contributed by atoms with van der Waals surface area (Å²) in [5, 5.41) is 30.7. The number of hydrogen-bond donors (Lipinski definition) is 2. The average molecular weight is 435 g/mol. The second-order valence-electron chi connectivity index (χ2n) is 9.45. The van der Waals surface area contributed by atoms with E-state index >= 15 is 0 Å². The Labute approximate surface area is 203 Å². The van der Waals surface area contributed by atoms with E-state index < -0.39 is 24.6 Å². The number of aliphatic hydroxyl groups excluding tert-OH is 2. The molecular formula is C23H39NaO6. The van der Waals surface area contributed by atoms with Gasteiger partial charge in [-0.15, -0.1) is 0 Å². The summed E-state index contributed by atoms with van der Waals surface area (Å²) in [5.41, 5.74) is 0. The van der Waals surface area contributed by atoms with Crippen LogP contribution in [-0.4, -0.2) is 40.5 Å². The molecule has 0 spiro atoms. The first-order valence-corrected chi connectivity index (χ1v) is 11.5. The summed E-state index contributed by atoms with van der Waals surface area (Å²) in [6.07, 6.45) is 5.22. The molecule has 0 unspecified atom stereocenters. The van der Waals surface area contributed by atoms with Crippen molar-refractivity contribution in [2.24, 2.45) is 29.6 Å². The van der Waals surface area contributed by atoms with Gasteiger partial charge < -0.3 is 24.9 Å². The SMILES string of the molecule is CC[C@H](C)OC(=O)[C@H]1CCC[C@@H]2CC[C@H](C)[C@H](CC[C@@H](O)C[C@@H](O)CC(=O)[O-])[C@H]21.[Na+]. The fraction of sp³-hybridized carbons (Fsp3) is 0.913. The van der Waals surface area contributed by atoms with Crippen LogP contribution < -0.4 is 34.7 Å². The molecule has 2 aliphatic rings. The van der Waals surface area contributed by atoms with Crippen molar-refractivity contribution in [2.45, 2.75) is 103 Å². The summed E-state index contributed by atoms with van der Waals surface area (Å²) < 4.78 is 5.70. The number of carboxylic acid groups (broad SMARTS) is 1. The van der Waals surface area contributed by atoms with Crippen LogP contribution in [0.5, 0.6) is 0 Å². The van der Waals surface area contributed by atoms with Crippen LogP contribution in [0.15, 0.2) is 0 Å². The zero-order valence-corrected chi connectivity index (χ0v) is 21.2. The van der Waals surface area contributed by atoms with Crippen molar-refractivity contribution in [1.29, 1.82) is 0 Å². The number of carbonyl (C=O) groups is 2. The molecule has 0 saturated heterocycles. The van der Waals surface area contributed by atoms with Gasteiger partial charge in [0.15, 0.2) is 0 Å². The van der Waals surface area contributed by atoms with E-state index in [2.05, 4.69) is 6.92 Å². The molecular weight excluding hydrogens is 395 g/mol. The predicted octanol–water partition coefficient (Wildman–Crippen LogP) is -0.557. The van der Waals surface area contributed by atoms with Gasteiger partial charge in [0, 0.05) is 12.4 Å². The van der Waals surface area contributed by atoms with Crippen molar-refractivity contribution >= 4 is 11.9 Å². The van der Waals surface area contributed by atoms with Gasteiger partial charge in [0.1, 0.15) is 0 Å². The Kier molecular flexibility index (Phi) is 12.5. The smallest absolute Gasteiger partial charge is 0.550 e. The van der Waals surface area contributed by atoms with Gasteiger partial charge in [-0.1, -0.05) is 33.1 Å². The van der Waals surface area contributed by atoms with Crippen LogP contribution in [0, 0.1) is 29.6 Å². The normalized spacial score (nSPS) is 31.6. The van der Waals surface area contributed by atoms with Crippen molar-refractivity contribution < 1.29 is 59.2 Å². The Morgan fingerprint density at radius 1 is 1.13 bits per heavy atom. The topological polar surface area (TPSA) is 107 Å². The monoisotopic (exact) mass is 434 g/mol. The number of ether oxygens (including phenoxy) is 1. The Hall–Kier alpha value is -0.140. The summed E-state index contributed by atoms with van der Waals surface area (Å²) in [7, 11) is 0. The van der Waals surface area contributed by atoms with Crippen molar-refractivity contribution in [3.63, 3.8) is 0 Å². The van der Waals surface area contributed by atoms with E-state index in [1.54, 1.807) is 0 Å². The molecule has 6 nitrogen and oxygen atoms in total. The van der Waals surface area contributed by atoms with Gasteiger partial charge in [-0.25, -0.2) is 0 Å². The van der Waals surface area contributed by atoms with Gasteiger partial charge in [0.25, 0.3) is 0 Å². The van der Waals surface area contributed by atoms with Gasteiger partial charge >= 0.3 is 35.5 Å². The second kappa shape index (κ2) is 13.4. The Morgan fingerprint density at radius 3 is 2.47 bits per heavy atom. The number of aliphatic carboxylic acids is 1. The van der Waals surface area contributed by atoms with E-state index in [1.807, 2.05) is 13.8 Å². The standard InChI is InChI=1S/C23H40O6.Na/c1-4-15(3)29-23(28)20-7-5-6-16-9-8-14(2)19(22(16)20)11-10-17(24)12-18(25)13-21(26)27;/h14-20,22,24-25H,4-13H2,1-3H3,(H,26,27);/q;+1/p-1/t14-,15-,16+,17+,18+,19-,20-,22-;/m0./s1. The fourth-order valence-electron chi connectivity index (χ4n) is 5.58. The van der Waals surface area contributed by atoms with Crippen LogP contribution in [0.3, 0.4) is 0 Å². The third-order valence-corrected chi connectivity index (χ3v) is 7.29. The number of carbonyl (C=O) groups excluding carboxylic acids is 2. The van der Waals surface area contributed by atoms with Crippen LogP contribution in [0.4, 0.5) is 0 Å². The molecule has 0 heterocycles. The van der Waals surface area contributed by atoms with Gasteiger partial charge in [-0.2, -0.15) is 0 Å². The molecule has 0 aliphatic heterocycles. The summed E-state index contributed by atoms with van der Waals surface area (Å²) in [4.78, 5) is 23.5. The van der Waals surface area contributed by atoms with Crippen LogP contribution in [0.2, 0.25) is 0 Å². The third-order valence-electron chi connectivity index (χ3n) is 7.29. The quantitative estimate of drug-likeness (QED) is 0.353. The Balaban J connectivity index is 0.00000450. The maximum atomic E-state index is 12.9. The predicted molar refractivity (Wildman–Crippen MR) is 108 cm³/mol. The van der Waals surface area contributed by atoms with Crippen LogP contribution in [0.1, 0.15) is 85.0 Å². The molecule has 8 atom stereocenters. The molecule has 0 bridgehead atoms. The number of rotatable bonds is 10. The molecule has 2 rings (SSSR count). The Morgan fingerprint density at radius 2 is 1.83 bits per heavy atom. The summed E-state index contributed by atoms with van der Waals surface area (Å²) in [6.45, 7) is 6.20. The van der Waals surface area contributed by atoms with Crippen molar-refractivity contribution in [3.05, 3.63) is 0 Å². The van der Waals surface area contributed by atoms with E-state index in [0.29, 0.717) is 30.1 Å². The van der Waals surface area contributed by atoms with E-state index in [1.165, 1.54) is 0 Å². The summed E-state index contributed by atoms with van der Waals surface area (Å²) in [5.74, 6) is 0.238. The molecule has 0 aromatic heterocycles. The van der Waals surface area contributed by atoms with E-state index in [0.717, 1.165) is 44.9 Å². The second-order valence-corrected chi connectivity index (χ2v) is 9.45. The maximum Gasteiger partial charge on any atom is 1.00 e. The number of esters is 1. The number of aliphatic hydroxyl groups is 2. The minimum atomic E-state index is -1.31. The third kappa shape index (κ3) is 8.09. The molecule has 2 aliphatic carbocycles. The average Bonchev–Trinajstić information content (AvgIpc) is 2.65. The molecule has 7 heteroatoms. The van der Waals surface area contributed by atoms with Gasteiger partial charge in [-0.05, 0) is 69.1 Å². The Bertz CT molecular complexity index is 542. The molecule has 30 heavy (non-hydrogen) atoms. The zero-order chi connectivity index (χ0) is 21.6. The van der Waals surface area contributed by atoms with E-state index in [9.17, 15) is 24.9 Å². The van der Waals surface area contributed by atoms with Gasteiger partial charge in [0.05, 0.1) is 24.2 Å². The molecule has 168 valence electrons. The first kappa shape index (κ1) is 27.9. The van der Waals surface area contributed by atoms with Crippen LogP contribution in [-0.2, 0) is 14.3 Å². The number of hydrogen-bond acceptors (Lipinski definition) is 6. The molecule has 0 radical (unpaired) electrons. The van der Waals surface area contributed by atoms with Crippen LogP contribution >= 0.6 is 0 Å². The van der Waals surface area contributed by atoms with Gasteiger partial charge in [-0.3, -0.25) is 4.79 Å². The van der Waals surface area contributed by atoms with Crippen molar-refractivity contribution in [2.75, 3.05) is 0 Å². The minimum Gasteiger partial charge on any atom is -0.550 e. The van der Waals surface area contributed by atoms with Gasteiger partial charge in [0.2, 0.25) is 0 Å². The first-order chi connectivity index (χ1) is 13.7. The van der Waals surface area contributed by atoms with Crippen molar-refractivity contribution in [3.8, 4) is 0 Å². The largest absolute Gasteiger partial charge is 1.00 e. The molecule has 2 fully saturated rings. The van der Waals surface area contributed by atoms with Crippen LogP contribution in [0.25, 0.3) is 0 Å².